The summed E-state index contributed by atoms with van der Waals surface area (Å²) in [6.07, 6.45) is 1.71. The lowest BCUT2D eigenvalue weighted by molar-refractivity contribution is -0.138. The average Bonchev–Trinajstić information content (AvgIpc) is 2.95. The van der Waals surface area contributed by atoms with Crippen LogP contribution in [0.1, 0.15) is 23.2 Å². The van der Waals surface area contributed by atoms with Crippen LogP contribution in [0.15, 0.2) is 24.4 Å². The first-order chi connectivity index (χ1) is 11.4. The number of hydrogen-bond donors (Lipinski definition) is 2. The lowest BCUT2D eigenvalue weighted by Crippen LogP contribution is -2.24. The van der Waals surface area contributed by atoms with Crippen molar-refractivity contribution in [2.24, 2.45) is 0 Å². The van der Waals surface area contributed by atoms with E-state index in [0.29, 0.717) is 5.69 Å². The summed E-state index contributed by atoms with van der Waals surface area (Å²) in [4.78, 5) is 22.4. The van der Waals surface area contributed by atoms with Crippen LogP contribution in [0.4, 0.5) is 0 Å². The second-order valence-electron chi connectivity index (χ2n) is 5.45. The summed E-state index contributed by atoms with van der Waals surface area (Å²) < 4.78 is 6.83. The van der Waals surface area contributed by atoms with Crippen LogP contribution in [-0.2, 0) is 22.7 Å². The molecule has 0 aliphatic rings. The molecular formula is C16H20N4O4. The highest BCUT2D eigenvalue weighted by Crippen LogP contribution is 2.19. The third-order valence-electron chi connectivity index (χ3n) is 3.28. The first-order valence-electron chi connectivity index (χ1n) is 7.51. The Balaban J connectivity index is 1.72. The molecule has 0 spiro atoms. The van der Waals surface area contributed by atoms with Gasteiger partial charge in [0.25, 0.3) is 0 Å². The SMILES string of the molecule is Cc1ccc(C)c(OCCC(=O)NCc2cn(CC(=O)O)nn2)c1. The first-order valence-corrected chi connectivity index (χ1v) is 7.51. The number of hydrogen-bond acceptors (Lipinski definition) is 5. The van der Waals surface area contributed by atoms with Gasteiger partial charge in [-0.25, -0.2) is 4.68 Å². The number of aromatic nitrogens is 3. The Labute approximate surface area is 139 Å². The molecule has 8 nitrogen and oxygen atoms in total. The number of carboxylic acid groups (broad SMARTS) is 1. The Kier molecular flexibility index (Phi) is 5.89. The quantitative estimate of drug-likeness (QED) is 0.749. The fraction of sp³-hybridized carbons (Fsp3) is 0.375. The Bertz CT molecular complexity index is 727. The molecule has 0 atom stereocenters. The fourth-order valence-electron chi connectivity index (χ4n) is 2.03. The van der Waals surface area contributed by atoms with Gasteiger partial charge in [-0.05, 0) is 31.0 Å². The van der Waals surface area contributed by atoms with Gasteiger partial charge < -0.3 is 15.2 Å². The second kappa shape index (κ2) is 8.09. The number of carboxylic acids is 1. The lowest BCUT2D eigenvalue weighted by Gasteiger charge is -2.09. The van der Waals surface area contributed by atoms with Crippen molar-refractivity contribution in [1.29, 1.82) is 0 Å². The van der Waals surface area contributed by atoms with Crippen molar-refractivity contribution in [3.63, 3.8) is 0 Å². The minimum atomic E-state index is -1.00. The standard InChI is InChI=1S/C16H20N4O4/c1-11-3-4-12(2)14(7-11)24-6-5-15(21)17-8-13-9-20(19-18-13)10-16(22)23/h3-4,7,9H,5-6,8,10H2,1-2H3,(H,17,21)(H,22,23). The zero-order valence-electron chi connectivity index (χ0n) is 13.7. The van der Waals surface area contributed by atoms with Gasteiger partial charge in [-0.1, -0.05) is 17.3 Å². The minimum Gasteiger partial charge on any atom is -0.493 e. The second-order valence-corrected chi connectivity index (χ2v) is 5.45. The molecule has 0 bridgehead atoms. The van der Waals surface area contributed by atoms with Gasteiger partial charge in [-0.2, -0.15) is 0 Å². The lowest BCUT2D eigenvalue weighted by atomic mass is 10.1. The Morgan fingerprint density at radius 2 is 2.12 bits per heavy atom. The van der Waals surface area contributed by atoms with E-state index in [-0.39, 0.29) is 32.0 Å². The van der Waals surface area contributed by atoms with Crippen LogP contribution in [0, 0.1) is 13.8 Å². The van der Waals surface area contributed by atoms with E-state index in [9.17, 15) is 9.59 Å². The number of carbonyl (C=O) groups is 2. The zero-order chi connectivity index (χ0) is 17.5. The van der Waals surface area contributed by atoms with Crippen LogP contribution in [0.2, 0.25) is 0 Å². The maximum atomic E-state index is 11.8. The van der Waals surface area contributed by atoms with Gasteiger partial charge in [0.1, 0.15) is 18.0 Å². The summed E-state index contributed by atoms with van der Waals surface area (Å²) in [5, 5.41) is 18.8. The van der Waals surface area contributed by atoms with E-state index in [0.717, 1.165) is 16.9 Å². The Hall–Kier alpha value is -2.90. The molecule has 1 amide bonds. The molecule has 2 N–H and O–H groups in total. The highest BCUT2D eigenvalue weighted by Gasteiger charge is 2.07. The van der Waals surface area contributed by atoms with E-state index in [2.05, 4.69) is 15.6 Å². The Morgan fingerprint density at radius 3 is 2.88 bits per heavy atom. The summed E-state index contributed by atoms with van der Waals surface area (Å²) >= 11 is 0. The molecule has 24 heavy (non-hydrogen) atoms. The van der Waals surface area contributed by atoms with Crippen LogP contribution in [0.5, 0.6) is 5.75 Å². The normalized spacial score (nSPS) is 10.4. The van der Waals surface area contributed by atoms with Gasteiger partial charge in [-0.3, -0.25) is 9.59 Å². The highest BCUT2D eigenvalue weighted by molar-refractivity contribution is 5.75. The number of aliphatic carboxylic acids is 1. The van der Waals surface area contributed by atoms with E-state index in [1.54, 1.807) is 0 Å². The van der Waals surface area contributed by atoms with Crippen molar-refractivity contribution in [3.8, 4) is 5.75 Å². The molecule has 1 aromatic carbocycles. The number of aryl methyl sites for hydroxylation is 2. The largest absolute Gasteiger partial charge is 0.493 e. The van der Waals surface area contributed by atoms with E-state index >= 15 is 0 Å². The van der Waals surface area contributed by atoms with Crippen molar-refractivity contribution in [2.45, 2.75) is 33.4 Å². The Morgan fingerprint density at radius 1 is 1.33 bits per heavy atom. The molecule has 128 valence electrons. The van der Waals surface area contributed by atoms with Crippen LogP contribution < -0.4 is 10.1 Å². The molecule has 0 aliphatic heterocycles. The molecule has 0 radical (unpaired) electrons. The van der Waals surface area contributed by atoms with Gasteiger partial charge in [0.15, 0.2) is 0 Å². The molecule has 0 fully saturated rings. The van der Waals surface area contributed by atoms with Gasteiger partial charge in [-0.15, -0.1) is 5.10 Å². The number of amides is 1. The maximum Gasteiger partial charge on any atom is 0.325 e. The van der Waals surface area contributed by atoms with Gasteiger partial charge in [0.2, 0.25) is 5.91 Å². The smallest absolute Gasteiger partial charge is 0.325 e. The maximum absolute atomic E-state index is 11.8. The number of ether oxygens (including phenoxy) is 1. The van der Waals surface area contributed by atoms with Crippen molar-refractivity contribution in [2.75, 3.05) is 6.61 Å². The topological polar surface area (TPSA) is 106 Å². The molecule has 2 aromatic rings. The van der Waals surface area contributed by atoms with Gasteiger partial charge in [0, 0.05) is 0 Å². The fourth-order valence-corrected chi connectivity index (χ4v) is 2.03. The van der Waals surface area contributed by atoms with Crippen molar-refractivity contribution in [1.82, 2.24) is 20.3 Å². The van der Waals surface area contributed by atoms with E-state index in [1.807, 2.05) is 32.0 Å². The average molecular weight is 332 g/mol. The molecule has 0 unspecified atom stereocenters. The molecule has 1 aromatic heterocycles. The molecule has 0 aliphatic carbocycles. The number of benzene rings is 1. The number of nitrogens with one attached hydrogen (secondary N) is 1. The van der Waals surface area contributed by atoms with E-state index in [1.165, 1.54) is 10.9 Å². The first kappa shape index (κ1) is 17.5. The molecule has 2 rings (SSSR count). The predicted octanol–water partition coefficient (Wildman–Crippen LogP) is 1.06. The molecular weight excluding hydrogens is 312 g/mol. The monoisotopic (exact) mass is 332 g/mol. The molecule has 1 heterocycles. The van der Waals surface area contributed by atoms with Crippen LogP contribution in [0.3, 0.4) is 0 Å². The third kappa shape index (κ3) is 5.38. The number of rotatable bonds is 8. The third-order valence-corrected chi connectivity index (χ3v) is 3.28. The van der Waals surface area contributed by atoms with Crippen LogP contribution in [-0.4, -0.2) is 38.6 Å². The van der Waals surface area contributed by atoms with Crippen molar-refractivity contribution >= 4 is 11.9 Å². The van der Waals surface area contributed by atoms with E-state index < -0.39 is 5.97 Å². The predicted molar refractivity (Wildman–Crippen MR) is 85.5 cm³/mol. The number of carbonyl (C=O) groups excluding carboxylic acids is 1. The molecule has 8 heteroatoms. The van der Waals surface area contributed by atoms with Crippen LogP contribution >= 0.6 is 0 Å². The zero-order valence-corrected chi connectivity index (χ0v) is 13.7. The molecule has 0 saturated heterocycles. The minimum absolute atomic E-state index is 0.173. The number of nitrogens with zero attached hydrogens (tertiary/aromatic N) is 3. The van der Waals surface area contributed by atoms with E-state index in [4.69, 9.17) is 9.84 Å². The van der Waals surface area contributed by atoms with Gasteiger partial charge in [0.05, 0.1) is 25.8 Å². The summed E-state index contributed by atoms with van der Waals surface area (Å²) in [5.41, 5.74) is 2.63. The van der Waals surface area contributed by atoms with Crippen molar-refractivity contribution in [3.05, 3.63) is 41.2 Å². The summed E-state index contributed by atoms with van der Waals surface area (Å²) in [7, 11) is 0. The molecule has 0 saturated carbocycles. The highest BCUT2D eigenvalue weighted by atomic mass is 16.5. The summed E-state index contributed by atoms with van der Waals surface area (Å²) in [6, 6.07) is 5.92. The summed E-state index contributed by atoms with van der Waals surface area (Å²) in [6.45, 7) is 4.15. The summed E-state index contributed by atoms with van der Waals surface area (Å²) in [5.74, 6) is -0.397. The van der Waals surface area contributed by atoms with Crippen molar-refractivity contribution < 1.29 is 19.4 Å². The van der Waals surface area contributed by atoms with Crippen LogP contribution in [0.25, 0.3) is 0 Å². The van der Waals surface area contributed by atoms with Gasteiger partial charge >= 0.3 is 5.97 Å².